The third kappa shape index (κ3) is 7.16. The first-order valence-electron chi connectivity index (χ1n) is 20.6. The summed E-state index contributed by atoms with van der Waals surface area (Å²) in [4.78, 5) is 54.1. The molecule has 14 nitrogen and oxygen atoms in total. The normalized spacial score (nSPS) is 26.3. The summed E-state index contributed by atoms with van der Waals surface area (Å²) < 4.78 is 38.2. The van der Waals surface area contributed by atoms with Crippen molar-refractivity contribution < 1.29 is 27.9 Å². The van der Waals surface area contributed by atoms with E-state index >= 15 is 8.78 Å². The fraction of sp³-hybridized carbons (Fsp3) is 0.442. The predicted molar refractivity (Wildman–Crippen MR) is 218 cm³/mol. The summed E-state index contributed by atoms with van der Waals surface area (Å²) in [7, 11) is 1.85. The Morgan fingerprint density at radius 1 is 0.915 bits per heavy atom. The number of carbonyl (C=O) groups is 3. The Kier molecular flexibility index (Phi) is 9.33. The molecule has 2 saturated heterocycles. The van der Waals surface area contributed by atoms with Crippen LogP contribution in [0.1, 0.15) is 66.1 Å². The standard InChI is InChI=1S/C43H46F2N10O4/c1-23-13-25-15-36(47-23)32-21-46-52(2)42(32)59-12-7-24-14-26(24)22-55-37-20-29(3-5-35(37)49-43(55)51-40(25)57)53-8-10-54(11-9-53)30-16-27(17-30)48-28-18-33(44)39(34(45)19-28)31-4-6-38(56)50-41(31)58/h3,5,13,15,18-21,24,26-27,30-31,48H,4,6-12,14,16-17,22H2,1-2H3,(H,49,51,57)(H,50,56,58)/t24-,26+,27-,30-,31+/m0/s1. The number of hydrogen-bond donors (Lipinski definition) is 3. The number of aliphatic imine (C=N–C) groups is 1. The number of piperidine rings is 1. The van der Waals surface area contributed by atoms with Crippen LogP contribution in [0.2, 0.25) is 0 Å². The number of carbonyl (C=O) groups excluding carboxylic acids is 3. The molecule has 2 bridgehead atoms. The van der Waals surface area contributed by atoms with Crippen molar-refractivity contribution in [2.24, 2.45) is 23.9 Å². The van der Waals surface area contributed by atoms with Gasteiger partial charge in [0.1, 0.15) is 11.6 Å². The van der Waals surface area contributed by atoms with Crippen molar-refractivity contribution in [2.75, 3.05) is 59.8 Å². The Morgan fingerprint density at radius 2 is 1.71 bits per heavy atom. The fourth-order valence-corrected chi connectivity index (χ4v) is 9.47. The summed E-state index contributed by atoms with van der Waals surface area (Å²) in [6.45, 7) is 6.66. The predicted octanol–water partition coefficient (Wildman–Crippen LogP) is 5.20. The monoisotopic (exact) mass is 804 g/mol. The van der Waals surface area contributed by atoms with Gasteiger partial charge >= 0.3 is 0 Å². The van der Waals surface area contributed by atoms with Crippen LogP contribution in [0.15, 0.2) is 53.7 Å². The van der Waals surface area contributed by atoms with Crippen LogP contribution in [0.25, 0.3) is 11.3 Å². The maximum absolute atomic E-state index is 15.1. The minimum atomic E-state index is -1.02. The zero-order valence-electron chi connectivity index (χ0n) is 33.0. The van der Waals surface area contributed by atoms with E-state index in [1.807, 2.05) is 14.0 Å². The van der Waals surface area contributed by atoms with E-state index in [4.69, 9.17) is 9.72 Å². The average Bonchev–Trinajstić information content (AvgIpc) is 3.70. The second-order valence-electron chi connectivity index (χ2n) is 16.8. The van der Waals surface area contributed by atoms with Crippen LogP contribution in [0, 0.1) is 30.4 Å². The molecule has 0 spiro atoms. The maximum atomic E-state index is 15.1. The number of hydrogen-bond acceptors (Lipinski definition) is 11. The number of halogens is 2. The summed E-state index contributed by atoms with van der Waals surface area (Å²) in [6, 6.07) is 12.9. The van der Waals surface area contributed by atoms with Gasteiger partial charge in [-0.15, -0.1) is 0 Å². The molecule has 0 unspecified atom stereocenters. The second kappa shape index (κ2) is 14.7. The van der Waals surface area contributed by atoms with Gasteiger partial charge in [-0.25, -0.2) is 13.5 Å². The second-order valence-corrected chi connectivity index (χ2v) is 16.8. The highest BCUT2D eigenvalue weighted by Crippen LogP contribution is 2.46. The number of imide groups is 1. The molecular weight excluding hydrogens is 759 g/mol. The largest absolute Gasteiger partial charge is 0.477 e. The number of piperazine rings is 1. The Hall–Kier alpha value is -5.90. The number of nitrogens with zero attached hydrogens (tertiary/aromatic N) is 7. The summed E-state index contributed by atoms with van der Waals surface area (Å²) in [5, 5.41) is 13.3. The molecule has 3 amide bonds. The molecule has 10 rings (SSSR count). The van der Waals surface area contributed by atoms with Crippen molar-refractivity contribution in [1.29, 1.82) is 0 Å². The van der Waals surface area contributed by atoms with Crippen molar-refractivity contribution in [3.8, 4) is 17.1 Å². The highest BCUT2D eigenvalue weighted by atomic mass is 19.1. The molecular formula is C43H46F2N10O4. The Labute approximate surface area is 340 Å². The molecule has 4 aromatic rings. The molecule has 4 aliphatic heterocycles. The van der Waals surface area contributed by atoms with E-state index in [9.17, 15) is 14.4 Å². The van der Waals surface area contributed by atoms with E-state index in [1.165, 1.54) is 12.1 Å². The molecule has 3 atom stereocenters. The molecule has 59 heavy (non-hydrogen) atoms. The van der Waals surface area contributed by atoms with Crippen molar-refractivity contribution in [3.63, 3.8) is 0 Å². The highest BCUT2D eigenvalue weighted by Gasteiger charge is 2.42. The quantitative estimate of drug-likeness (QED) is 0.229. The highest BCUT2D eigenvalue weighted by molar-refractivity contribution is 6.19. The number of guanidine groups is 1. The Bertz CT molecular complexity index is 2380. The van der Waals surface area contributed by atoms with E-state index in [-0.39, 0.29) is 30.4 Å². The minimum absolute atomic E-state index is 0.0528. The Morgan fingerprint density at radius 3 is 2.49 bits per heavy atom. The SMILES string of the molecule is Cc1cc2cc(n1)-c1cnn(C)c1OCC[C@H]1C[C@@H]1CN1/C(=N/C2=O)Nc2ccc(N3CCN([C@H]4C[C@H](Nc5cc(F)c([C@H]6CCC(=O)NC6=O)c(F)c5)C4)CC3)cc21. The first kappa shape index (κ1) is 37.4. The number of aromatic nitrogens is 3. The fourth-order valence-electron chi connectivity index (χ4n) is 9.47. The lowest BCUT2D eigenvalue weighted by atomic mass is 9.84. The molecule has 16 heteroatoms. The lowest BCUT2D eigenvalue weighted by Gasteiger charge is -2.47. The zero-order chi connectivity index (χ0) is 40.5. The van der Waals surface area contributed by atoms with Gasteiger partial charge in [-0.1, -0.05) is 0 Å². The van der Waals surface area contributed by atoms with Crippen LogP contribution in [-0.2, 0) is 16.6 Å². The minimum Gasteiger partial charge on any atom is -0.477 e. The van der Waals surface area contributed by atoms with Gasteiger partial charge in [0.2, 0.25) is 23.7 Å². The van der Waals surface area contributed by atoms with Gasteiger partial charge < -0.3 is 25.2 Å². The van der Waals surface area contributed by atoms with Crippen LogP contribution in [-0.4, -0.2) is 94.8 Å². The molecule has 2 aromatic carbocycles. The number of anilines is 4. The van der Waals surface area contributed by atoms with Gasteiger partial charge in [0.05, 0.1) is 41.4 Å². The first-order valence-corrected chi connectivity index (χ1v) is 20.6. The molecule has 2 aliphatic carbocycles. The summed E-state index contributed by atoms with van der Waals surface area (Å²) in [5.74, 6) is -1.90. The summed E-state index contributed by atoms with van der Waals surface area (Å²) in [6.07, 6.45) is 5.59. The first-order chi connectivity index (χ1) is 28.5. The van der Waals surface area contributed by atoms with E-state index in [0.29, 0.717) is 59.0 Å². The smallest absolute Gasteiger partial charge is 0.280 e. The molecule has 0 radical (unpaired) electrons. The van der Waals surface area contributed by atoms with Crippen LogP contribution >= 0.6 is 0 Å². The van der Waals surface area contributed by atoms with Crippen LogP contribution in [0.3, 0.4) is 0 Å². The van der Waals surface area contributed by atoms with Gasteiger partial charge in [-0.2, -0.15) is 10.1 Å². The number of nitrogens with one attached hydrogen (secondary N) is 3. The van der Waals surface area contributed by atoms with Gasteiger partial charge in [0, 0.05) is 86.5 Å². The number of pyridine rings is 1. The van der Waals surface area contributed by atoms with Crippen molar-refractivity contribution in [3.05, 3.63) is 77.1 Å². The summed E-state index contributed by atoms with van der Waals surface area (Å²) >= 11 is 0. The third-order valence-electron chi connectivity index (χ3n) is 12.9. The van der Waals surface area contributed by atoms with Crippen molar-refractivity contribution in [1.82, 2.24) is 25.0 Å². The van der Waals surface area contributed by atoms with Crippen molar-refractivity contribution in [2.45, 2.75) is 63.5 Å². The molecule has 2 aromatic heterocycles. The average molecular weight is 805 g/mol. The molecule has 4 fully saturated rings. The number of amides is 3. The number of benzene rings is 2. The van der Waals surface area contributed by atoms with Gasteiger partial charge in [0.25, 0.3) is 5.91 Å². The maximum Gasteiger partial charge on any atom is 0.280 e. The van der Waals surface area contributed by atoms with E-state index in [2.05, 4.69) is 58.9 Å². The molecule has 6 aliphatic rings. The van der Waals surface area contributed by atoms with Gasteiger partial charge in [-0.3, -0.25) is 29.6 Å². The molecule has 3 N–H and O–H groups in total. The summed E-state index contributed by atoms with van der Waals surface area (Å²) in [5.41, 5.74) is 5.64. The lowest BCUT2D eigenvalue weighted by molar-refractivity contribution is -0.134. The van der Waals surface area contributed by atoms with Crippen LogP contribution in [0.5, 0.6) is 5.88 Å². The number of aryl methyl sites for hydroxylation is 2. The van der Waals surface area contributed by atoms with E-state index in [0.717, 1.165) is 81.0 Å². The van der Waals surface area contributed by atoms with Crippen LogP contribution in [0.4, 0.5) is 31.5 Å². The van der Waals surface area contributed by atoms with Gasteiger partial charge in [-0.05, 0) is 93.3 Å². The number of rotatable bonds is 5. The molecule has 306 valence electrons. The molecule has 6 heterocycles. The van der Waals surface area contributed by atoms with E-state index < -0.39 is 29.4 Å². The van der Waals surface area contributed by atoms with Crippen molar-refractivity contribution >= 4 is 46.4 Å². The van der Waals surface area contributed by atoms with E-state index in [1.54, 1.807) is 23.0 Å². The number of fused-ring (bicyclic) bond motifs is 8. The topological polar surface area (TPSA) is 149 Å². The lowest BCUT2D eigenvalue weighted by Crippen LogP contribution is -2.56. The molecule has 2 saturated carbocycles. The van der Waals surface area contributed by atoms with Gasteiger partial charge in [0.15, 0.2) is 0 Å². The third-order valence-corrected chi connectivity index (χ3v) is 12.9. The zero-order valence-corrected chi connectivity index (χ0v) is 33.0. The van der Waals surface area contributed by atoms with Crippen LogP contribution < -0.4 is 30.5 Å². The Balaban J connectivity index is 0.793. The number of ether oxygens (including phenoxy) is 1.